The van der Waals surface area contributed by atoms with Crippen LogP contribution in [-0.2, 0) is 9.47 Å². The van der Waals surface area contributed by atoms with Gasteiger partial charge in [0.1, 0.15) is 6.10 Å². The Labute approximate surface area is 209 Å². The molecule has 0 saturated heterocycles. The largest absolute Gasteiger partial charge is 0.508 e. The molecule has 4 rings (SSSR count). The van der Waals surface area contributed by atoms with Crippen molar-refractivity contribution in [2.75, 3.05) is 6.61 Å². The Morgan fingerprint density at radius 2 is 1.85 bits per heavy atom. The summed E-state index contributed by atoms with van der Waals surface area (Å²) in [7, 11) is 0. The molecular formula is C31H52O3. The molecule has 0 bridgehead atoms. The van der Waals surface area contributed by atoms with Crippen molar-refractivity contribution in [2.24, 2.45) is 46.3 Å². The van der Waals surface area contributed by atoms with Crippen molar-refractivity contribution in [1.29, 1.82) is 0 Å². The van der Waals surface area contributed by atoms with Crippen LogP contribution in [0.1, 0.15) is 119 Å². The molecule has 8 atom stereocenters. The molecule has 0 aromatic carbocycles. The normalized spacial score (nSPS) is 40.1. The fourth-order valence-electron chi connectivity index (χ4n) is 9.11. The smallest absolute Gasteiger partial charge is 0.434 e. The number of hydrogen-bond donors (Lipinski definition) is 0. The van der Waals surface area contributed by atoms with Crippen LogP contribution in [0.25, 0.3) is 0 Å². The van der Waals surface area contributed by atoms with Gasteiger partial charge in [0.05, 0.1) is 6.61 Å². The SMILES string of the molecule is CCCOC(=O)OC1CC[C@@]2(C)C(=CCC3C2CC[C@@]2(C)C3CC[C@@H]2[C@H](C)CCCC(C)C)C1. The van der Waals surface area contributed by atoms with E-state index in [-0.39, 0.29) is 6.10 Å². The van der Waals surface area contributed by atoms with Crippen molar-refractivity contribution in [3.8, 4) is 0 Å². The Hall–Kier alpha value is -0.990. The average Bonchev–Trinajstić information content (AvgIpc) is 3.15. The molecule has 0 radical (unpaired) electrons. The van der Waals surface area contributed by atoms with Crippen LogP contribution in [0.5, 0.6) is 0 Å². The highest BCUT2D eigenvalue weighted by Crippen LogP contribution is 2.67. The number of rotatable bonds is 8. The van der Waals surface area contributed by atoms with Crippen LogP contribution in [0.2, 0.25) is 0 Å². The minimum atomic E-state index is -0.474. The highest BCUT2D eigenvalue weighted by Gasteiger charge is 2.59. The van der Waals surface area contributed by atoms with Gasteiger partial charge in [-0.1, -0.05) is 72.5 Å². The number of carbonyl (C=O) groups excluding carboxylic acids is 1. The topological polar surface area (TPSA) is 35.5 Å². The molecule has 0 aromatic rings. The summed E-state index contributed by atoms with van der Waals surface area (Å²) in [5.41, 5.74) is 2.43. The summed E-state index contributed by atoms with van der Waals surface area (Å²) < 4.78 is 10.9. The molecule has 3 saturated carbocycles. The predicted octanol–water partition coefficient (Wildman–Crippen LogP) is 8.96. The lowest BCUT2D eigenvalue weighted by atomic mass is 9.47. The lowest BCUT2D eigenvalue weighted by molar-refractivity contribution is -0.0616. The average molecular weight is 473 g/mol. The van der Waals surface area contributed by atoms with E-state index in [2.05, 4.69) is 40.7 Å². The summed E-state index contributed by atoms with van der Waals surface area (Å²) in [4.78, 5) is 12.0. The maximum Gasteiger partial charge on any atom is 0.508 e. The molecule has 0 aliphatic heterocycles. The Bertz CT molecular complexity index is 741. The van der Waals surface area contributed by atoms with E-state index in [0.29, 0.717) is 17.4 Å². The number of allylic oxidation sites excluding steroid dienone is 1. The van der Waals surface area contributed by atoms with Crippen LogP contribution in [-0.4, -0.2) is 18.9 Å². The van der Waals surface area contributed by atoms with E-state index in [1.165, 1.54) is 51.4 Å². The van der Waals surface area contributed by atoms with E-state index in [0.717, 1.165) is 61.2 Å². The molecule has 0 heterocycles. The zero-order valence-corrected chi connectivity index (χ0v) is 23.0. The number of ether oxygens (including phenoxy) is 2. The Morgan fingerprint density at radius 1 is 1.06 bits per heavy atom. The van der Waals surface area contributed by atoms with Gasteiger partial charge in [0.25, 0.3) is 0 Å². The zero-order valence-electron chi connectivity index (χ0n) is 23.0. The van der Waals surface area contributed by atoms with Crippen molar-refractivity contribution in [3.05, 3.63) is 11.6 Å². The van der Waals surface area contributed by atoms with Gasteiger partial charge in [0.15, 0.2) is 0 Å². The molecule has 0 N–H and O–H groups in total. The van der Waals surface area contributed by atoms with Crippen LogP contribution in [0.3, 0.4) is 0 Å². The molecule has 4 aliphatic rings. The van der Waals surface area contributed by atoms with E-state index in [1.54, 1.807) is 5.57 Å². The van der Waals surface area contributed by atoms with Crippen LogP contribution < -0.4 is 0 Å². The lowest BCUT2D eigenvalue weighted by Crippen LogP contribution is -2.51. The molecule has 194 valence electrons. The maximum absolute atomic E-state index is 12.0. The van der Waals surface area contributed by atoms with E-state index in [4.69, 9.17) is 9.47 Å². The minimum absolute atomic E-state index is 0.00311. The van der Waals surface area contributed by atoms with Gasteiger partial charge in [-0.15, -0.1) is 0 Å². The van der Waals surface area contributed by atoms with Gasteiger partial charge in [-0.3, -0.25) is 0 Å². The molecular weight excluding hydrogens is 420 g/mol. The number of carbonyl (C=O) groups is 1. The van der Waals surface area contributed by atoms with E-state index in [1.807, 2.05) is 6.92 Å². The number of fused-ring (bicyclic) bond motifs is 5. The second-order valence-corrected chi connectivity index (χ2v) is 13.4. The fraction of sp³-hybridized carbons (Fsp3) is 0.903. The zero-order chi connectivity index (χ0) is 24.5. The second-order valence-electron chi connectivity index (χ2n) is 13.4. The van der Waals surface area contributed by atoms with Crippen LogP contribution >= 0.6 is 0 Å². The quantitative estimate of drug-likeness (QED) is 0.261. The van der Waals surface area contributed by atoms with E-state index in [9.17, 15) is 4.79 Å². The maximum atomic E-state index is 12.0. The van der Waals surface area contributed by atoms with Gasteiger partial charge in [0, 0.05) is 6.42 Å². The van der Waals surface area contributed by atoms with Crippen molar-refractivity contribution in [1.82, 2.24) is 0 Å². The van der Waals surface area contributed by atoms with Gasteiger partial charge in [0.2, 0.25) is 0 Å². The molecule has 3 heteroatoms. The minimum Gasteiger partial charge on any atom is -0.434 e. The summed E-state index contributed by atoms with van der Waals surface area (Å²) in [6.45, 7) is 15.0. The molecule has 4 aliphatic carbocycles. The summed E-state index contributed by atoms with van der Waals surface area (Å²) in [6, 6.07) is 0. The van der Waals surface area contributed by atoms with Crippen molar-refractivity contribution in [3.63, 3.8) is 0 Å². The summed E-state index contributed by atoms with van der Waals surface area (Å²) in [6.07, 6.45) is 17.2. The highest BCUT2D eigenvalue weighted by molar-refractivity contribution is 5.60. The van der Waals surface area contributed by atoms with Crippen molar-refractivity contribution < 1.29 is 14.3 Å². The van der Waals surface area contributed by atoms with E-state index < -0.39 is 6.16 Å². The highest BCUT2D eigenvalue weighted by atomic mass is 16.7. The predicted molar refractivity (Wildman–Crippen MR) is 140 cm³/mol. The third kappa shape index (κ3) is 4.96. The Morgan fingerprint density at radius 3 is 2.59 bits per heavy atom. The first kappa shape index (κ1) is 26.1. The third-order valence-electron chi connectivity index (χ3n) is 10.9. The molecule has 0 amide bonds. The van der Waals surface area contributed by atoms with E-state index >= 15 is 0 Å². The van der Waals surface area contributed by atoms with Crippen LogP contribution in [0.15, 0.2) is 11.6 Å². The molecule has 3 nitrogen and oxygen atoms in total. The lowest BCUT2D eigenvalue weighted by Gasteiger charge is -2.58. The summed E-state index contributed by atoms with van der Waals surface area (Å²) in [5, 5.41) is 0. The van der Waals surface area contributed by atoms with Gasteiger partial charge in [-0.05, 0) is 97.7 Å². The molecule has 34 heavy (non-hydrogen) atoms. The van der Waals surface area contributed by atoms with Crippen molar-refractivity contribution in [2.45, 2.75) is 125 Å². The molecule has 4 unspecified atom stereocenters. The first-order valence-electron chi connectivity index (χ1n) is 14.7. The Balaban J connectivity index is 1.41. The van der Waals surface area contributed by atoms with Gasteiger partial charge in [-0.25, -0.2) is 4.79 Å². The third-order valence-corrected chi connectivity index (χ3v) is 10.9. The molecule has 3 fully saturated rings. The van der Waals surface area contributed by atoms with Gasteiger partial charge in [-0.2, -0.15) is 0 Å². The molecule has 0 aromatic heterocycles. The summed E-state index contributed by atoms with van der Waals surface area (Å²) in [5.74, 6) is 5.19. The second kappa shape index (κ2) is 10.6. The fourth-order valence-corrected chi connectivity index (χ4v) is 9.11. The van der Waals surface area contributed by atoms with Crippen LogP contribution in [0, 0.1) is 46.3 Å². The Kier molecular flexibility index (Phi) is 8.10. The first-order valence-corrected chi connectivity index (χ1v) is 14.7. The number of hydrogen-bond acceptors (Lipinski definition) is 3. The van der Waals surface area contributed by atoms with Gasteiger partial charge >= 0.3 is 6.16 Å². The monoisotopic (exact) mass is 472 g/mol. The summed E-state index contributed by atoms with van der Waals surface area (Å²) >= 11 is 0. The van der Waals surface area contributed by atoms with Gasteiger partial charge < -0.3 is 9.47 Å². The standard InChI is InChI=1S/C31H52O3/c1-7-19-33-29(32)34-24-15-17-30(5)23(20-24)11-12-25-27-14-13-26(22(4)10-8-9-21(2)3)31(27,6)18-16-28(25)30/h11,21-22,24-28H,7-10,12-20H2,1-6H3/t22-,24?,25?,26-,27?,28?,30+,31-/m1/s1. The van der Waals surface area contributed by atoms with Crippen molar-refractivity contribution >= 4 is 6.16 Å². The first-order chi connectivity index (χ1) is 16.2. The molecule has 0 spiro atoms. The van der Waals surface area contributed by atoms with Crippen LogP contribution in [0.4, 0.5) is 4.79 Å².